The van der Waals surface area contributed by atoms with Gasteiger partial charge in [-0.15, -0.1) is 0 Å². The van der Waals surface area contributed by atoms with Crippen LogP contribution in [0.2, 0.25) is 0 Å². The molecule has 84 valence electrons. The van der Waals surface area contributed by atoms with Crippen LogP contribution < -0.4 is 5.32 Å². The fourth-order valence-corrected chi connectivity index (χ4v) is 1.04. The van der Waals surface area contributed by atoms with Crippen molar-refractivity contribution in [2.75, 3.05) is 13.2 Å². The smallest absolute Gasteiger partial charge is 0.217 e. The van der Waals surface area contributed by atoms with Gasteiger partial charge in [-0.2, -0.15) is 0 Å². The molecule has 0 aromatic carbocycles. The first kappa shape index (κ1) is 13.3. The molecule has 0 aliphatic rings. The summed E-state index contributed by atoms with van der Waals surface area (Å²) >= 11 is 0. The Kier molecular flexibility index (Phi) is 6.39. The first-order valence-electron chi connectivity index (χ1n) is 4.36. The van der Waals surface area contributed by atoms with Gasteiger partial charge < -0.3 is 25.7 Å². The standard InChI is InChI=1S/C8H17NO5/c1-5(12)9-6(3-10)2-7(13)8(14)4-11/h6-8,10-11,13-14H,2-4H2,1H3,(H,9,12)/t6?,7-,8+/m0/s1. The van der Waals surface area contributed by atoms with E-state index in [0.717, 1.165) is 0 Å². The van der Waals surface area contributed by atoms with Crippen LogP contribution in [0, 0.1) is 0 Å². The van der Waals surface area contributed by atoms with Gasteiger partial charge in [0.1, 0.15) is 6.10 Å². The van der Waals surface area contributed by atoms with E-state index in [1.165, 1.54) is 6.92 Å². The largest absolute Gasteiger partial charge is 0.394 e. The third-order valence-corrected chi connectivity index (χ3v) is 1.78. The molecule has 3 atom stereocenters. The molecule has 0 heterocycles. The zero-order valence-corrected chi connectivity index (χ0v) is 8.05. The molecule has 0 rings (SSSR count). The van der Waals surface area contributed by atoms with Gasteiger partial charge in [0.2, 0.25) is 5.91 Å². The predicted octanol–water partition coefficient (Wildman–Crippen LogP) is -2.41. The second kappa shape index (κ2) is 6.72. The van der Waals surface area contributed by atoms with Crippen molar-refractivity contribution in [2.45, 2.75) is 31.6 Å². The van der Waals surface area contributed by atoms with Gasteiger partial charge in [0, 0.05) is 6.92 Å². The number of hydrogen-bond acceptors (Lipinski definition) is 5. The molecular formula is C8H17NO5. The van der Waals surface area contributed by atoms with Crippen molar-refractivity contribution in [3.05, 3.63) is 0 Å². The summed E-state index contributed by atoms with van der Waals surface area (Å²) in [6, 6.07) is -0.608. The van der Waals surface area contributed by atoms with Crippen molar-refractivity contribution in [3.63, 3.8) is 0 Å². The summed E-state index contributed by atoms with van der Waals surface area (Å²) in [4.78, 5) is 10.6. The molecule has 0 fully saturated rings. The van der Waals surface area contributed by atoms with Crippen LogP contribution in [0.25, 0.3) is 0 Å². The number of nitrogens with one attached hydrogen (secondary N) is 1. The summed E-state index contributed by atoms with van der Waals surface area (Å²) in [6.45, 7) is 0.408. The highest BCUT2D eigenvalue weighted by Crippen LogP contribution is 2.02. The molecule has 0 radical (unpaired) electrons. The van der Waals surface area contributed by atoms with E-state index >= 15 is 0 Å². The Morgan fingerprint density at radius 2 is 1.79 bits per heavy atom. The lowest BCUT2D eigenvalue weighted by molar-refractivity contribution is -0.120. The summed E-state index contributed by atoms with van der Waals surface area (Å²) in [5, 5.41) is 38.0. The van der Waals surface area contributed by atoms with Gasteiger partial charge in [-0.1, -0.05) is 0 Å². The predicted molar refractivity (Wildman–Crippen MR) is 48.4 cm³/mol. The average Bonchev–Trinajstić information content (AvgIpc) is 2.14. The van der Waals surface area contributed by atoms with E-state index in [4.69, 9.17) is 15.3 Å². The maximum atomic E-state index is 10.6. The molecule has 0 aromatic rings. The SMILES string of the molecule is CC(=O)NC(CO)C[C@H](O)[C@H](O)CO. The average molecular weight is 207 g/mol. The van der Waals surface area contributed by atoms with Gasteiger partial charge in [0.25, 0.3) is 0 Å². The monoisotopic (exact) mass is 207 g/mol. The highest BCUT2D eigenvalue weighted by Gasteiger charge is 2.20. The lowest BCUT2D eigenvalue weighted by atomic mass is 10.1. The van der Waals surface area contributed by atoms with E-state index in [1.807, 2.05) is 0 Å². The molecule has 14 heavy (non-hydrogen) atoms. The molecule has 0 aliphatic carbocycles. The molecule has 6 nitrogen and oxygen atoms in total. The minimum Gasteiger partial charge on any atom is -0.394 e. The quantitative estimate of drug-likeness (QED) is 0.333. The Morgan fingerprint density at radius 3 is 2.14 bits per heavy atom. The molecule has 0 aromatic heterocycles. The Hall–Kier alpha value is -0.690. The van der Waals surface area contributed by atoms with E-state index in [1.54, 1.807) is 0 Å². The Bertz CT molecular complexity index is 175. The van der Waals surface area contributed by atoms with Crippen molar-refractivity contribution in [3.8, 4) is 0 Å². The van der Waals surface area contributed by atoms with E-state index < -0.39 is 24.9 Å². The summed E-state index contributed by atoms with van der Waals surface area (Å²) < 4.78 is 0. The molecule has 0 aliphatic heterocycles. The Morgan fingerprint density at radius 1 is 1.21 bits per heavy atom. The normalized spacial score (nSPS) is 17.2. The fraction of sp³-hybridized carbons (Fsp3) is 0.875. The number of carbonyl (C=O) groups excluding carboxylic acids is 1. The van der Waals surface area contributed by atoms with E-state index in [9.17, 15) is 9.90 Å². The van der Waals surface area contributed by atoms with Gasteiger partial charge in [-0.05, 0) is 6.42 Å². The van der Waals surface area contributed by atoms with Crippen LogP contribution in [-0.2, 0) is 4.79 Å². The molecule has 0 saturated heterocycles. The van der Waals surface area contributed by atoms with Gasteiger partial charge in [-0.25, -0.2) is 0 Å². The third kappa shape index (κ3) is 5.13. The number of aliphatic hydroxyl groups excluding tert-OH is 4. The first-order valence-corrected chi connectivity index (χ1v) is 4.36. The molecular weight excluding hydrogens is 190 g/mol. The lowest BCUT2D eigenvalue weighted by Crippen LogP contribution is -2.42. The minimum absolute atomic E-state index is 0.00218. The zero-order chi connectivity index (χ0) is 11.1. The van der Waals surface area contributed by atoms with Crippen LogP contribution in [-0.4, -0.2) is 57.8 Å². The topological polar surface area (TPSA) is 110 Å². The van der Waals surface area contributed by atoms with E-state index in [0.29, 0.717) is 0 Å². The van der Waals surface area contributed by atoms with Gasteiger partial charge >= 0.3 is 0 Å². The molecule has 0 spiro atoms. The van der Waals surface area contributed by atoms with Crippen LogP contribution in [0.15, 0.2) is 0 Å². The summed E-state index contributed by atoms with van der Waals surface area (Å²) in [7, 11) is 0. The second-order valence-electron chi connectivity index (χ2n) is 3.13. The Balaban J connectivity index is 3.97. The maximum Gasteiger partial charge on any atom is 0.217 e. The minimum atomic E-state index is -1.25. The number of rotatable bonds is 6. The van der Waals surface area contributed by atoms with Gasteiger partial charge in [0.15, 0.2) is 0 Å². The molecule has 6 heteroatoms. The van der Waals surface area contributed by atoms with E-state index in [2.05, 4.69) is 5.32 Å². The highest BCUT2D eigenvalue weighted by atomic mass is 16.4. The molecule has 0 bridgehead atoms. The number of amides is 1. The zero-order valence-electron chi connectivity index (χ0n) is 8.05. The van der Waals surface area contributed by atoms with Crippen LogP contribution >= 0.6 is 0 Å². The van der Waals surface area contributed by atoms with Crippen molar-refractivity contribution < 1.29 is 25.2 Å². The van der Waals surface area contributed by atoms with Crippen molar-refractivity contribution in [1.29, 1.82) is 0 Å². The van der Waals surface area contributed by atoms with Gasteiger partial charge in [0.05, 0.1) is 25.4 Å². The van der Waals surface area contributed by atoms with E-state index in [-0.39, 0.29) is 18.9 Å². The molecule has 0 saturated carbocycles. The summed E-state index contributed by atoms with van der Waals surface area (Å²) in [5.41, 5.74) is 0. The third-order valence-electron chi connectivity index (χ3n) is 1.78. The van der Waals surface area contributed by atoms with Crippen LogP contribution in [0.5, 0.6) is 0 Å². The number of hydrogen-bond donors (Lipinski definition) is 5. The maximum absolute atomic E-state index is 10.6. The van der Waals surface area contributed by atoms with Crippen molar-refractivity contribution in [2.24, 2.45) is 0 Å². The van der Waals surface area contributed by atoms with Gasteiger partial charge in [-0.3, -0.25) is 4.79 Å². The molecule has 1 amide bonds. The van der Waals surface area contributed by atoms with Crippen LogP contribution in [0.4, 0.5) is 0 Å². The first-order chi connectivity index (χ1) is 6.51. The highest BCUT2D eigenvalue weighted by molar-refractivity contribution is 5.73. The summed E-state index contributed by atoms with van der Waals surface area (Å²) in [6.07, 6.45) is -2.42. The number of aliphatic hydroxyl groups is 4. The second-order valence-corrected chi connectivity index (χ2v) is 3.13. The molecule has 5 N–H and O–H groups in total. The van der Waals surface area contributed by atoms with Crippen LogP contribution in [0.1, 0.15) is 13.3 Å². The molecule has 1 unspecified atom stereocenters. The van der Waals surface area contributed by atoms with Crippen LogP contribution in [0.3, 0.4) is 0 Å². The van der Waals surface area contributed by atoms with Crippen molar-refractivity contribution in [1.82, 2.24) is 5.32 Å². The summed E-state index contributed by atoms with van der Waals surface area (Å²) in [5.74, 6) is -0.324. The number of carbonyl (C=O) groups is 1. The fourth-order valence-electron chi connectivity index (χ4n) is 1.04. The van der Waals surface area contributed by atoms with Crippen molar-refractivity contribution >= 4 is 5.91 Å². The lowest BCUT2D eigenvalue weighted by Gasteiger charge is -2.21. The Labute approximate surface area is 82.2 Å².